The van der Waals surface area contributed by atoms with Crippen molar-refractivity contribution in [1.29, 1.82) is 0 Å². The number of amides is 1. The van der Waals surface area contributed by atoms with E-state index in [0.29, 0.717) is 5.75 Å². The smallest absolute Gasteiger partial charge is 0.407 e. The molecule has 0 bridgehead atoms. The summed E-state index contributed by atoms with van der Waals surface area (Å²) in [6, 6.07) is 16.7. The molecule has 0 aliphatic rings. The van der Waals surface area contributed by atoms with Crippen LogP contribution in [0.3, 0.4) is 0 Å². The van der Waals surface area contributed by atoms with Crippen LogP contribution in [-0.4, -0.2) is 30.5 Å². The van der Waals surface area contributed by atoms with Crippen LogP contribution < -0.4 is 10.1 Å². The Morgan fingerprint density at radius 3 is 2.57 bits per heavy atom. The molecular formula is C17H18BrNO4. The maximum atomic E-state index is 11.6. The van der Waals surface area contributed by atoms with Crippen LogP contribution >= 0.6 is 15.9 Å². The summed E-state index contributed by atoms with van der Waals surface area (Å²) in [6.45, 7) is 0.315. The van der Waals surface area contributed by atoms with Gasteiger partial charge in [-0.15, -0.1) is 0 Å². The minimum Gasteiger partial charge on any atom is -0.490 e. The molecule has 0 aliphatic heterocycles. The van der Waals surface area contributed by atoms with Gasteiger partial charge in [0.25, 0.3) is 0 Å². The monoisotopic (exact) mass is 379 g/mol. The average molecular weight is 380 g/mol. The van der Waals surface area contributed by atoms with E-state index >= 15 is 0 Å². The lowest BCUT2D eigenvalue weighted by Gasteiger charge is -2.14. The van der Waals surface area contributed by atoms with Gasteiger partial charge in [-0.25, -0.2) is 4.79 Å². The number of carbonyl (C=O) groups excluding carboxylic acids is 1. The number of benzene rings is 2. The lowest BCUT2D eigenvalue weighted by atomic mass is 10.2. The second-order valence-corrected chi connectivity index (χ2v) is 5.69. The number of nitrogens with one attached hydrogen (secondary N) is 1. The number of aliphatic hydroxyl groups excluding tert-OH is 1. The van der Waals surface area contributed by atoms with Crippen molar-refractivity contribution in [2.45, 2.75) is 12.7 Å². The van der Waals surface area contributed by atoms with Crippen LogP contribution in [0.2, 0.25) is 0 Å². The Balaban J connectivity index is 1.65. The van der Waals surface area contributed by atoms with Gasteiger partial charge in [0, 0.05) is 0 Å². The SMILES string of the molecule is O=C(NCC(O)COc1ccccc1Br)OCc1ccccc1. The molecule has 6 heteroatoms. The first-order chi connectivity index (χ1) is 11.1. The van der Waals surface area contributed by atoms with E-state index in [0.717, 1.165) is 10.0 Å². The predicted molar refractivity (Wildman–Crippen MR) is 90.3 cm³/mol. The van der Waals surface area contributed by atoms with E-state index in [1.165, 1.54) is 0 Å². The van der Waals surface area contributed by atoms with Crippen LogP contribution in [0.4, 0.5) is 4.79 Å². The third-order valence-corrected chi connectivity index (χ3v) is 3.62. The summed E-state index contributed by atoms with van der Waals surface area (Å²) in [6.07, 6.45) is -1.40. The van der Waals surface area contributed by atoms with Crippen LogP contribution in [0, 0.1) is 0 Å². The first kappa shape index (κ1) is 17.3. The van der Waals surface area contributed by atoms with Crippen molar-refractivity contribution in [3.63, 3.8) is 0 Å². The van der Waals surface area contributed by atoms with Crippen molar-refractivity contribution in [2.75, 3.05) is 13.2 Å². The Bertz CT molecular complexity index is 621. The molecule has 2 rings (SSSR count). The fourth-order valence-electron chi connectivity index (χ4n) is 1.78. The van der Waals surface area contributed by atoms with E-state index in [4.69, 9.17) is 9.47 Å². The van der Waals surface area contributed by atoms with Crippen molar-refractivity contribution < 1.29 is 19.4 Å². The molecule has 2 aromatic rings. The number of hydrogen-bond acceptors (Lipinski definition) is 4. The number of para-hydroxylation sites is 1. The first-order valence-electron chi connectivity index (χ1n) is 7.15. The normalized spacial score (nSPS) is 11.6. The van der Waals surface area contributed by atoms with E-state index < -0.39 is 12.2 Å². The Hall–Kier alpha value is -2.05. The van der Waals surface area contributed by atoms with E-state index in [-0.39, 0.29) is 19.8 Å². The number of halogens is 1. The molecule has 0 fully saturated rings. The summed E-state index contributed by atoms with van der Waals surface area (Å²) in [5.41, 5.74) is 0.903. The molecule has 2 N–H and O–H groups in total. The largest absolute Gasteiger partial charge is 0.490 e. The molecule has 122 valence electrons. The van der Waals surface area contributed by atoms with Crippen LogP contribution in [0.15, 0.2) is 59.1 Å². The molecule has 1 atom stereocenters. The number of hydrogen-bond donors (Lipinski definition) is 2. The van der Waals surface area contributed by atoms with Gasteiger partial charge >= 0.3 is 6.09 Å². The third-order valence-electron chi connectivity index (χ3n) is 2.96. The van der Waals surface area contributed by atoms with Gasteiger partial charge in [-0.2, -0.15) is 0 Å². The van der Waals surface area contributed by atoms with E-state index in [1.807, 2.05) is 48.5 Å². The maximum absolute atomic E-state index is 11.6. The Morgan fingerprint density at radius 1 is 1.13 bits per heavy atom. The molecule has 1 amide bonds. The molecule has 0 aromatic heterocycles. The number of ether oxygens (including phenoxy) is 2. The topological polar surface area (TPSA) is 67.8 Å². The average Bonchev–Trinajstić information content (AvgIpc) is 2.58. The Labute approximate surface area is 143 Å². The Kier molecular flexibility index (Phi) is 6.90. The molecule has 0 spiro atoms. The number of rotatable bonds is 7. The van der Waals surface area contributed by atoms with Gasteiger partial charge in [-0.3, -0.25) is 0 Å². The fourth-order valence-corrected chi connectivity index (χ4v) is 2.18. The van der Waals surface area contributed by atoms with Crippen LogP contribution in [0.25, 0.3) is 0 Å². The fraction of sp³-hybridized carbons (Fsp3) is 0.235. The van der Waals surface area contributed by atoms with E-state index in [9.17, 15) is 9.90 Å². The number of aliphatic hydroxyl groups is 1. The summed E-state index contributed by atoms with van der Waals surface area (Å²) in [4.78, 5) is 11.6. The third kappa shape index (κ3) is 6.30. The van der Waals surface area contributed by atoms with Crippen molar-refractivity contribution >= 4 is 22.0 Å². The molecule has 1 unspecified atom stereocenters. The lowest BCUT2D eigenvalue weighted by molar-refractivity contribution is 0.0962. The summed E-state index contributed by atoms with van der Waals surface area (Å²) in [7, 11) is 0. The highest BCUT2D eigenvalue weighted by atomic mass is 79.9. The molecule has 0 radical (unpaired) electrons. The minimum absolute atomic E-state index is 0.0536. The minimum atomic E-state index is -0.827. The molecule has 5 nitrogen and oxygen atoms in total. The molecule has 2 aromatic carbocycles. The lowest BCUT2D eigenvalue weighted by Crippen LogP contribution is -2.35. The zero-order valence-corrected chi connectivity index (χ0v) is 14.0. The first-order valence-corrected chi connectivity index (χ1v) is 7.94. The molecule has 0 heterocycles. The standard InChI is InChI=1S/C17H18BrNO4/c18-15-8-4-5-9-16(15)22-12-14(20)10-19-17(21)23-11-13-6-2-1-3-7-13/h1-9,14,20H,10-12H2,(H,19,21). The Morgan fingerprint density at radius 2 is 1.83 bits per heavy atom. The van der Waals surface area contributed by atoms with Gasteiger partial charge in [0.1, 0.15) is 25.1 Å². The number of carbonyl (C=O) groups is 1. The van der Waals surface area contributed by atoms with Crippen molar-refractivity contribution in [1.82, 2.24) is 5.32 Å². The van der Waals surface area contributed by atoms with Crippen molar-refractivity contribution in [3.8, 4) is 5.75 Å². The van der Waals surface area contributed by atoms with E-state index in [1.54, 1.807) is 6.07 Å². The van der Waals surface area contributed by atoms with Crippen LogP contribution in [-0.2, 0) is 11.3 Å². The molecule has 0 saturated heterocycles. The van der Waals surface area contributed by atoms with Gasteiger partial charge in [-0.05, 0) is 33.6 Å². The molecule has 0 saturated carbocycles. The molecular weight excluding hydrogens is 362 g/mol. The quantitative estimate of drug-likeness (QED) is 0.775. The van der Waals surface area contributed by atoms with Gasteiger partial charge in [0.05, 0.1) is 11.0 Å². The highest BCUT2D eigenvalue weighted by molar-refractivity contribution is 9.10. The summed E-state index contributed by atoms with van der Waals surface area (Å²) >= 11 is 3.35. The van der Waals surface area contributed by atoms with Crippen molar-refractivity contribution in [3.05, 3.63) is 64.6 Å². The zero-order valence-electron chi connectivity index (χ0n) is 12.4. The van der Waals surface area contributed by atoms with Crippen LogP contribution in [0.1, 0.15) is 5.56 Å². The van der Waals surface area contributed by atoms with Gasteiger partial charge in [0.15, 0.2) is 0 Å². The highest BCUT2D eigenvalue weighted by Crippen LogP contribution is 2.23. The predicted octanol–water partition coefficient (Wildman–Crippen LogP) is 3.12. The van der Waals surface area contributed by atoms with E-state index in [2.05, 4.69) is 21.2 Å². The summed E-state index contributed by atoms with van der Waals surface area (Å²) < 4.78 is 11.3. The molecule has 23 heavy (non-hydrogen) atoms. The van der Waals surface area contributed by atoms with Gasteiger partial charge in [0.2, 0.25) is 0 Å². The van der Waals surface area contributed by atoms with Crippen LogP contribution in [0.5, 0.6) is 5.75 Å². The summed E-state index contributed by atoms with van der Waals surface area (Å²) in [5, 5.41) is 12.3. The van der Waals surface area contributed by atoms with Crippen molar-refractivity contribution in [2.24, 2.45) is 0 Å². The zero-order chi connectivity index (χ0) is 16.5. The summed E-state index contributed by atoms with van der Waals surface area (Å²) in [5.74, 6) is 0.637. The van der Waals surface area contributed by atoms with Gasteiger partial charge < -0.3 is 19.9 Å². The second kappa shape index (κ2) is 9.17. The van der Waals surface area contributed by atoms with Gasteiger partial charge in [-0.1, -0.05) is 42.5 Å². The number of alkyl carbamates (subject to hydrolysis) is 1. The molecule has 0 aliphatic carbocycles. The second-order valence-electron chi connectivity index (χ2n) is 4.84. The highest BCUT2D eigenvalue weighted by Gasteiger charge is 2.10. The maximum Gasteiger partial charge on any atom is 0.407 e.